The number of hydrogen-bond acceptors (Lipinski definition) is 6. The fourth-order valence-corrected chi connectivity index (χ4v) is 3.18. The van der Waals surface area contributed by atoms with Crippen LogP contribution in [-0.2, 0) is 14.3 Å². The minimum Gasteiger partial charge on any atom is -0.493 e. The van der Waals surface area contributed by atoms with E-state index in [1.54, 1.807) is 23.1 Å². The number of methoxy groups -OCH3 is 1. The molecule has 2 fully saturated rings. The van der Waals surface area contributed by atoms with E-state index in [-0.39, 0.29) is 24.2 Å². The van der Waals surface area contributed by atoms with E-state index in [1.807, 2.05) is 0 Å². The van der Waals surface area contributed by atoms with Crippen molar-refractivity contribution in [1.82, 2.24) is 4.90 Å². The zero-order valence-electron chi connectivity index (χ0n) is 15.1. The highest BCUT2D eigenvalue weighted by atomic mass is 16.5. The van der Waals surface area contributed by atoms with Gasteiger partial charge in [0.1, 0.15) is 0 Å². The predicted molar refractivity (Wildman–Crippen MR) is 93.8 cm³/mol. The smallest absolute Gasteiger partial charge is 0.260 e. The van der Waals surface area contributed by atoms with Gasteiger partial charge in [-0.2, -0.15) is 0 Å². The van der Waals surface area contributed by atoms with Crippen LogP contribution in [0.15, 0.2) is 18.2 Å². The van der Waals surface area contributed by atoms with Crippen molar-refractivity contribution >= 4 is 11.7 Å². The van der Waals surface area contributed by atoms with Gasteiger partial charge in [0.05, 0.1) is 20.3 Å². The van der Waals surface area contributed by atoms with E-state index in [0.29, 0.717) is 56.6 Å². The highest BCUT2D eigenvalue weighted by molar-refractivity contribution is 5.98. The van der Waals surface area contributed by atoms with Gasteiger partial charge in [0.15, 0.2) is 23.9 Å². The number of carbonyl (C=O) groups excluding carboxylic acids is 2. The molecule has 3 rings (SSSR count). The minimum absolute atomic E-state index is 0.0110. The number of amides is 1. The van der Waals surface area contributed by atoms with Gasteiger partial charge in [-0.3, -0.25) is 9.59 Å². The van der Waals surface area contributed by atoms with Gasteiger partial charge in [0.25, 0.3) is 5.91 Å². The molecular weight excluding hydrogens is 338 g/mol. The van der Waals surface area contributed by atoms with E-state index in [1.165, 1.54) is 7.11 Å². The third-order valence-electron chi connectivity index (χ3n) is 4.76. The van der Waals surface area contributed by atoms with Crippen LogP contribution in [0.4, 0.5) is 0 Å². The second kappa shape index (κ2) is 9.00. The number of morpholine rings is 1. The first kappa shape index (κ1) is 18.7. The summed E-state index contributed by atoms with van der Waals surface area (Å²) < 4.78 is 21.5. The zero-order chi connectivity index (χ0) is 18.4. The average molecular weight is 363 g/mol. The van der Waals surface area contributed by atoms with Crippen molar-refractivity contribution < 1.29 is 28.5 Å². The summed E-state index contributed by atoms with van der Waals surface area (Å²) >= 11 is 0. The molecule has 2 aliphatic heterocycles. The Bertz CT molecular complexity index is 635. The molecular formula is C19H25NO6. The van der Waals surface area contributed by atoms with Gasteiger partial charge in [0, 0.05) is 37.8 Å². The molecule has 7 nitrogen and oxygen atoms in total. The van der Waals surface area contributed by atoms with E-state index in [9.17, 15) is 9.59 Å². The van der Waals surface area contributed by atoms with Crippen LogP contribution in [0.2, 0.25) is 0 Å². The third-order valence-corrected chi connectivity index (χ3v) is 4.76. The number of nitrogens with zero attached hydrogens (tertiary/aromatic N) is 1. The summed E-state index contributed by atoms with van der Waals surface area (Å²) in [5, 5.41) is 0. The van der Waals surface area contributed by atoms with Crippen LogP contribution in [0.3, 0.4) is 0 Å². The van der Waals surface area contributed by atoms with Crippen LogP contribution in [0.5, 0.6) is 11.5 Å². The fourth-order valence-electron chi connectivity index (χ4n) is 3.18. The Morgan fingerprint density at radius 2 is 1.77 bits per heavy atom. The number of ketones is 1. The lowest BCUT2D eigenvalue weighted by Gasteiger charge is -2.26. The first-order chi connectivity index (χ1) is 12.7. The molecule has 0 aliphatic carbocycles. The number of hydrogen-bond donors (Lipinski definition) is 0. The molecule has 0 atom stereocenters. The van der Waals surface area contributed by atoms with Crippen molar-refractivity contribution in [2.24, 2.45) is 5.92 Å². The van der Waals surface area contributed by atoms with Crippen molar-refractivity contribution in [3.05, 3.63) is 23.8 Å². The van der Waals surface area contributed by atoms with Crippen LogP contribution in [0, 0.1) is 5.92 Å². The molecule has 7 heteroatoms. The Hall–Kier alpha value is -2.12. The van der Waals surface area contributed by atoms with Gasteiger partial charge in [-0.05, 0) is 31.0 Å². The van der Waals surface area contributed by atoms with E-state index in [4.69, 9.17) is 18.9 Å². The number of benzene rings is 1. The normalized spacial score (nSPS) is 18.4. The topological polar surface area (TPSA) is 74.3 Å². The molecule has 2 saturated heterocycles. The summed E-state index contributed by atoms with van der Waals surface area (Å²) in [6.45, 7) is 3.45. The first-order valence-corrected chi connectivity index (χ1v) is 8.97. The maximum atomic E-state index is 12.6. The standard InChI is InChI=1S/C19H25NO6/c1-23-17-12-15(19(22)14-4-8-24-9-5-14)2-3-16(17)26-13-18(21)20-6-10-25-11-7-20/h2-3,12,14H,4-11,13H2,1H3. The number of rotatable bonds is 6. The Morgan fingerprint density at radius 1 is 1.08 bits per heavy atom. The third kappa shape index (κ3) is 4.53. The Labute approximate surface area is 153 Å². The lowest BCUT2D eigenvalue weighted by molar-refractivity contribution is -0.137. The van der Waals surface area contributed by atoms with Crippen molar-refractivity contribution in [3.63, 3.8) is 0 Å². The molecule has 0 aromatic heterocycles. The van der Waals surface area contributed by atoms with E-state index in [2.05, 4.69) is 0 Å². The molecule has 0 N–H and O–H groups in total. The molecule has 142 valence electrons. The lowest BCUT2D eigenvalue weighted by Crippen LogP contribution is -2.43. The molecule has 0 unspecified atom stereocenters. The molecule has 0 bridgehead atoms. The molecule has 0 radical (unpaired) electrons. The summed E-state index contributed by atoms with van der Waals surface area (Å²) in [4.78, 5) is 26.5. The van der Waals surface area contributed by atoms with Crippen LogP contribution in [0.1, 0.15) is 23.2 Å². The molecule has 1 aromatic carbocycles. The van der Waals surface area contributed by atoms with Gasteiger partial charge in [-0.25, -0.2) is 0 Å². The van der Waals surface area contributed by atoms with E-state index >= 15 is 0 Å². The summed E-state index contributed by atoms with van der Waals surface area (Å²) in [6.07, 6.45) is 1.49. The maximum Gasteiger partial charge on any atom is 0.260 e. The van der Waals surface area contributed by atoms with Crippen molar-refractivity contribution in [3.8, 4) is 11.5 Å². The lowest BCUT2D eigenvalue weighted by atomic mass is 9.91. The van der Waals surface area contributed by atoms with Gasteiger partial charge in [0.2, 0.25) is 0 Å². The quantitative estimate of drug-likeness (QED) is 0.714. The molecule has 26 heavy (non-hydrogen) atoms. The SMILES string of the molecule is COc1cc(C(=O)C2CCOCC2)ccc1OCC(=O)N1CCOCC1. The van der Waals surface area contributed by atoms with E-state index < -0.39 is 0 Å². The minimum atomic E-state index is -0.0855. The summed E-state index contributed by atoms with van der Waals surface area (Å²) in [7, 11) is 1.52. The molecule has 0 spiro atoms. The summed E-state index contributed by atoms with van der Waals surface area (Å²) in [6, 6.07) is 5.11. The zero-order valence-corrected chi connectivity index (χ0v) is 15.1. The second-order valence-corrected chi connectivity index (χ2v) is 6.40. The van der Waals surface area contributed by atoms with E-state index in [0.717, 1.165) is 12.8 Å². The number of carbonyl (C=O) groups is 2. The van der Waals surface area contributed by atoms with Crippen molar-refractivity contribution in [2.45, 2.75) is 12.8 Å². The van der Waals surface area contributed by atoms with Crippen LogP contribution < -0.4 is 9.47 Å². The number of ether oxygens (including phenoxy) is 4. The van der Waals surface area contributed by atoms with Crippen LogP contribution in [0.25, 0.3) is 0 Å². The summed E-state index contributed by atoms with van der Waals surface area (Å²) in [5.41, 5.74) is 0.598. The molecule has 0 saturated carbocycles. The largest absolute Gasteiger partial charge is 0.493 e. The van der Waals surface area contributed by atoms with Gasteiger partial charge in [-0.1, -0.05) is 0 Å². The monoisotopic (exact) mass is 363 g/mol. The summed E-state index contributed by atoms with van der Waals surface area (Å²) in [5.74, 6) is 0.915. The van der Waals surface area contributed by atoms with Gasteiger partial charge < -0.3 is 23.8 Å². The molecule has 2 aliphatic rings. The molecule has 1 aromatic rings. The predicted octanol–water partition coefficient (Wildman–Crippen LogP) is 1.54. The highest BCUT2D eigenvalue weighted by Crippen LogP contribution is 2.30. The van der Waals surface area contributed by atoms with Crippen molar-refractivity contribution in [2.75, 3.05) is 53.2 Å². The fraction of sp³-hybridized carbons (Fsp3) is 0.579. The Balaban J connectivity index is 1.62. The highest BCUT2D eigenvalue weighted by Gasteiger charge is 2.24. The average Bonchev–Trinajstić information content (AvgIpc) is 2.72. The molecule has 2 heterocycles. The van der Waals surface area contributed by atoms with Gasteiger partial charge >= 0.3 is 0 Å². The van der Waals surface area contributed by atoms with Gasteiger partial charge in [-0.15, -0.1) is 0 Å². The van der Waals surface area contributed by atoms with Crippen LogP contribution in [-0.4, -0.2) is 69.8 Å². The maximum absolute atomic E-state index is 12.6. The second-order valence-electron chi connectivity index (χ2n) is 6.40. The first-order valence-electron chi connectivity index (χ1n) is 8.97. The Morgan fingerprint density at radius 3 is 2.46 bits per heavy atom. The Kier molecular flexibility index (Phi) is 6.46. The van der Waals surface area contributed by atoms with Crippen LogP contribution >= 0.6 is 0 Å². The number of Topliss-reactive ketones (excluding diaryl/α,β-unsaturated/α-hetero) is 1. The van der Waals surface area contributed by atoms with Crippen molar-refractivity contribution in [1.29, 1.82) is 0 Å². The molecule has 1 amide bonds.